The van der Waals surface area contributed by atoms with Gasteiger partial charge in [-0.3, -0.25) is 9.52 Å². The van der Waals surface area contributed by atoms with E-state index in [-0.39, 0.29) is 15.6 Å². The van der Waals surface area contributed by atoms with Crippen LogP contribution in [0.1, 0.15) is 6.92 Å². The van der Waals surface area contributed by atoms with Crippen molar-refractivity contribution in [2.24, 2.45) is 16.0 Å². The van der Waals surface area contributed by atoms with Crippen molar-refractivity contribution in [1.82, 2.24) is 0 Å². The minimum atomic E-state index is -3.99. The van der Waals surface area contributed by atoms with Gasteiger partial charge in [0.15, 0.2) is 5.70 Å². The number of halogens is 2. The molecule has 1 amide bonds. The van der Waals surface area contributed by atoms with E-state index < -0.39 is 27.4 Å². The number of nitrogens with two attached hydrogens (primary N) is 1. The average Bonchev–Trinajstić information content (AvgIpc) is 2.62. The molecule has 0 spiro atoms. The van der Waals surface area contributed by atoms with Crippen LogP contribution in [0.2, 0.25) is 5.02 Å². The third kappa shape index (κ3) is 5.68. The lowest BCUT2D eigenvalue weighted by molar-refractivity contribution is -0.114. The van der Waals surface area contributed by atoms with E-state index in [1.165, 1.54) is 32.2 Å². The van der Waals surface area contributed by atoms with Gasteiger partial charge in [-0.15, -0.1) is 10.2 Å². The van der Waals surface area contributed by atoms with Crippen molar-refractivity contribution >= 4 is 54.8 Å². The number of allylic oxidation sites excluding steroid dienone is 1. The first kappa shape index (κ1) is 22.7. The molecule has 0 radical (unpaired) electrons. The summed E-state index contributed by atoms with van der Waals surface area (Å²) in [5.41, 5.74) is 4.88. The van der Waals surface area contributed by atoms with Gasteiger partial charge >= 0.3 is 0 Å². The SMILES string of the molecule is COc1ccc(NS(=O)(=O)c2ccc(Cl)c(N=N/C(C(N)=O)=C(/C)O)c2)cc1Br. The van der Waals surface area contributed by atoms with Crippen molar-refractivity contribution in [3.8, 4) is 5.75 Å². The summed E-state index contributed by atoms with van der Waals surface area (Å²) >= 11 is 9.30. The molecule has 0 heterocycles. The first-order valence-electron chi connectivity index (χ1n) is 7.82. The maximum atomic E-state index is 12.7. The molecule has 0 saturated heterocycles. The number of sulfonamides is 1. The number of hydrogen-bond acceptors (Lipinski definition) is 7. The number of anilines is 1. The number of aliphatic hydroxyl groups is 1. The summed E-state index contributed by atoms with van der Waals surface area (Å²) in [5, 5.41) is 16.8. The van der Waals surface area contributed by atoms with Crippen LogP contribution in [0.4, 0.5) is 11.4 Å². The number of rotatable bonds is 7. The number of hydrogen-bond donors (Lipinski definition) is 3. The molecule has 0 fully saturated rings. The fraction of sp³-hybridized carbons (Fsp3) is 0.118. The zero-order valence-electron chi connectivity index (χ0n) is 15.2. The van der Waals surface area contributed by atoms with Gasteiger partial charge < -0.3 is 15.6 Å². The standard InChI is InChI=1S/C17H16BrClN4O5S/c1-9(24)16(17(20)25)22-21-14-8-11(4-5-13(14)19)29(26,27)23-10-3-6-15(28-2)12(18)7-10/h3-8,23-24H,1-2H3,(H2,20,25)/b16-9-,22-21?. The number of amides is 1. The van der Waals surface area contributed by atoms with E-state index in [1.807, 2.05) is 0 Å². The second-order valence-corrected chi connectivity index (χ2v) is 8.51. The second kappa shape index (κ2) is 9.25. The molecule has 4 N–H and O–H groups in total. The summed E-state index contributed by atoms with van der Waals surface area (Å²) in [4.78, 5) is 11.1. The van der Waals surface area contributed by atoms with Crippen LogP contribution in [0.3, 0.4) is 0 Å². The molecule has 0 aliphatic rings. The molecule has 0 unspecified atom stereocenters. The molecule has 0 aliphatic carbocycles. The average molecular weight is 504 g/mol. The Kier molecular flexibility index (Phi) is 7.22. The lowest BCUT2D eigenvalue weighted by Gasteiger charge is -2.11. The first-order valence-corrected chi connectivity index (χ1v) is 10.5. The number of benzene rings is 2. The van der Waals surface area contributed by atoms with Gasteiger partial charge in [0.05, 0.1) is 27.2 Å². The van der Waals surface area contributed by atoms with E-state index >= 15 is 0 Å². The molecule has 0 atom stereocenters. The predicted octanol–water partition coefficient (Wildman–Crippen LogP) is 4.27. The fourth-order valence-corrected chi connectivity index (χ4v) is 3.85. The lowest BCUT2D eigenvalue weighted by atomic mass is 10.3. The van der Waals surface area contributed by atoms with Gasteiger partial charge in [0.25, 0.3) is 15.9 Å². The number of methoxy groups -OCH3 is 1. The summed E-state index contributed by atoms with van der Waals surface area (Å²) in [6, 6.07) is 8.43. The molecule has 0 bridgehead atoms. The number of nitrogens with zero attached hydrogens (tertiary/aromatic N) is 2. The fourth-order valence-electron chi connectivity index (χ4n) is 2.08. The van der Waals surface area contributed by atoms with Crippen LogP contribution in [0.25, 0.3) is 0 Å². The smallest absolute Gasteiger partial charge is 0.272 e. The monoisotopic (exact) mass is 502 g/mol. The van der Waals surface area contributed by atoms with Crippen LogP contribution in [0.5, 0.6) is 5.75 Å². The van der Waals surface area contributed by atoms with Crippen LogP contribution in [-0.4, -0.2) is 26.5 Å². The summed E-state index contributed by atoms with van der Waals surface area (Å²) in [6.07, 6.45) is 0. The van der Waals surface area contributed by atoms with Crippen molar-refractivity contribution in [3.63, 3.8) is 0 Å². The maximum Gasteiger partial charge on any atom is 0.272 e. The van der Waals surface area contributed by atoms with Crippen molar-refractivity contribution in [3.05, 3.63) is 57.3 Å². The Labute approximate surface area is 180 Å². The van der Waals surface area contributed by atoms with Crippen LogP contribution in [-0.2, 0) is 14.8 Å². The highest BCUT2D eigenvalue weighted by Crippen LogP contribution is 2.31. The number of nitrogens with one attached hydrogen (secondary N) is 1. The summed E-state index contributed by atoms with van der Waals surface area (Å²) in [6.45, 7) is 1.21. The third-order valence-electron chi connectivity index (χ3n) is 3.47. The van der Waals surface area contributed by atoms with E-state index in [2.05, 4.69) is 30.9 Å². The molecule has 0 saturated carbocycles. The van der Waals surface area contributed by atoms with E-state index in [1.54, 1.807) is 12.1 Å². The van der Waals surface area contributed by atoms with Crippen molar-refractivity contribution < 1.29 is 23.1 Å². The quantitative estimate of drug-likeness (QED) is 0.294. The van der Waals surface area contributed by atoms with E-state index in [9.17, 15) is 18.3 Å². The topological polar surface area (TPSA) is 143 Å². The molecule has 9 nitrogen and oxygen atoms in total. The normalized spacial score (nSPS) is 12.6. The van der Waals surface area contributed by atoms with Gasteiger partial charge in [0.2, 0.25) is 0 Å². The zero-order chi connectivity index (χ0) is 21.8. The van der Waals surface area contributed by atoms with Crippen molar-refractivity contribution in [2.45, 2.75) is 11.8 Å². The Bertz CT molecular complexity index is 1110. The largest absolute Gasteiger partial charge is 0.510 e. The molecular formula is C17H16BrClN4O5S. The molecule has 2 aromatic carbocycles. The van der Waals surface area contributed by atoms with Crippen LogP contribution < -0.4 is 15.2 Å². The Morgan fingerprint density at radius 1 is 1.28 bits per heavy atom. The first-order chi connectivity index (χ1) is 13.5. The van der Waals surface area contributed by atoms with Gasteiger partial charge in [0, 0.05) is 0 Å². The van der Waals surface area contributed by atoms with E-state index in [0.717, 1.165) is 6.07 Å². The number of primary amides is 1. The Morgan fingerprint density at radius 2 is 1.97 bits per heavy atom. The molecule has 2 rings (SSSR count). The maximum absolute atomic E-state index is 12.7. The zero-order valence-corrected chi connectivity index (χ0v) is 18.3. The van der Waals surface area contributed by atoms with Crippen molar-refractivity contribution in [2.75, 3.05) is 11.8 Å². The van der Waals surface area contributed by atoms with E-state index in [0.29, 0.717) is 15.9 Å². The van der Waals surface area contributed by atoms with Gasteiger partial charge in [0.1, 0.15) is 17.2 Å². The number of azo groups is 1. The van der Waals surface area contributed by atoms with Crippen LogP contribution in [0, 0.1) is 0 Å². The van der Waals surface area contributed by atoms with Crippen molar-refractivity contribution in [1.29, 1.82) is 0 Å². The highest BCUT2D eigenvalue weighted by atomic mass is 79.9. The van der Waals surface area contributed by atoms with Gasteiger partial charge in [-0.1, -0.05) is 11.6 Å². The third-order valence-corrected chi connectivity index (χ3v) is 5.78. The van der Waals surface area contributed by atoms with Gasteiger partial charge in [-0.2, -0.15) is 0 Å². The number of carbonyl (C=O) groups excluding carboxylic acids is 1. The number of carbonyl (C=O) groups is 1. The Hall–Kier alpha value is -2.63. The highest BCUT2D eigenvalue weighted by Gasteiger charge is 2.17. The summed E-state index contributed by atoms with van der Waals surface area (Å²) in [7, 11) is -2.49. The number of aliphatic hydroxyl groups excluding tert-OH is 1. The second-order valence-electron chi connectivity index (χ2n) is 5.57. The molecule has 0 aliphatic heterocycles. The molecule has 0 aromatic heterocycles. The molecule has 2 aromatic rings. The summed E-state index contributed by atoms with van der Waals surface area (Å²) < 4.78 is 33.5. The van der Waals surface area contributed by atoms with Crippen LogP contribution >= 0.6 is 27.5 Å². The molecular weight excluding hydrogens is 488 g/mol. The highest BCUT2D eigenvalue weighted by molar-refractivity contribution is 9.10. The Morgan fingerprint density at radius 3 is 2.52 bits per heavy atom. The minimum Gasteiger partial charge on any atom is -0.510 e. The molecule has 29 heavy (non-hydrogen) atoms. The lowest BCUT2D eigenvalue weighted by Crippen LogP contribution is -2.14. The van der Waals surface area contributed by atoms with Crippen LogP contribution in [0.15, 0.2) is 67.5 Å². The molecule has 154 valence electrons. The van der Waals surface area contributed by atoms with Gasteiger partial charge in [-0.25, -0.2) is 8.42 Å². The predicted molar refractivity (Wildman–Crippen MR) is 112 cm³/mol. The summed E-state index contributed by atoms with van der Waals surface area (Å²) in [5.74, 6) is -0.895. The molecule has 12 heteroatoms. The minimum absolute atomic E-state index is 0.0366. The Balaban J connectivity index is 2.37. The van der Waals surface area contributed by atoms with Gasteiger partial charge in [-0.05, 0) is 59.3 Å². The van der Waals surface area contributed by atoms with E-state index in [4.69, 9.17) is 22.1 Å². The number of ether oxygens (including phenoxy) is 1.